The van der Waals surface area contributed by atoms with Crippen molar-refractivity contribution in [1.29, 1.82) is 0 Å². The van der Waals surface area contributed by atoms with E-state index in [-0.39, 0.29) is 21.6 Å². The minimum absolute atomic E-state index is 0.210. The molecule has 0 atom stereocenters. The number of aryl methyl sites for hydroxylation is 1. The topological polar surface area (TPSA) is 54.9 Å². The Bertz CT molecular complexity index is 602. The minimum Gasteiger partial charge on any atom is -0.307 e. The minimum atomic E-state index is -0.373. The van der Waals surface area contributed by atoms with Gasteiger partial charge in [-0.1, -0.05) is 29.3 Å². The molecule has 0 bridgehead atoms. The van der Waals surface area contributed by atoms with Gasteiger partial charge in [0.15, 0.2) is 0 Å². The quantitative estimate of drug-likeness (QED) is 0.859. The lowest BCUT2D eigenvalue weighted by molar-refractivity contribution is 0.102. The summed E-state index contributed by atoms with van der Waals surface area (Å²) in [4.78, 5) is 19.9. The van der Waals surface area contributed by atoms with Crippen LogP contribution in [-0.2, 0) is 0 Å². The van der Waals surface area contributed by atoms with Gasteiger partial charge < -0.3 is 5.32 Å². The Labute approximate surface area is 114 Å². The largest absolute Gasteiger partial charge is 0.307 e. The third-order valence-corrected chi connectivity index (χ3v) is 2.70. The van der Waals surface area contributed by atoms with E-state index in [1.165, 1.54) is 12.3 Å². The lowest BCUT2D eigenvalue weighted by Crippen LogP contribution is -2.14. The van der Waals surface area contributed by atoms with Crippen LogP contribution in [0.5, 0.6) is 0 Å². The fraction of sp³-hybridized carbons (Fsp3) is 0.0833. The zero-order valence-electron chi connectivity index (χ0n) is 9.45. The van der Waals surface area contributed by atoms with Crippen molar-refractivity contribution < 1.29 is 4.79 Å². The van der Waals surface area contributed by atoms with E-state index in [1.807, 2.05) is 13.0 Å². The molecule has 1 amide bonds. The summed E-state index contributed by atoms with van der Waals surface area (Å²) in [5.41, 5.74) is 1.08. The van der Waals surface area contributed by atoms with Crippen molar-refractivity contribution in [3.05, 3.63) is 51.9 Å². The summed E-state index contributed by atoms with van der Waals surface area (Å²) in [7, 11) is 0. The molecule has 0 saturated heterocycles. The number of carbonyl (C=O) groups is 1. The van der Waals surface area contributed by atoms with Crippen molar-refractivity contribution in [3.8, 4) is 0 Å². The molecule has 0 unspecified atom stereocenters. The van der Waals surface area contributed by atoms with Crippen LogP contribution in [0.2, 0.25) is 10.2 Å². The average molecular weight is 282 g/mol. The number of hydrogen-bond acceptors (Lipinski definition) is 3. The molecule has 1 N–H and O–H groups in total. The zero-order valence-corrected chi connectivity index (χ0v) is 11.0. The highest BCUT2D eigenvalue weighted by atomic mass is 35.5. The first kappa shape index (κ1) is 12.8. The van der Waals surface area contributed by atoms with Crippen molar-refractivity contribution in [1.82, 2.24) is 9.97 Å². The van der Waals surface area contributed by atoms with Crippen molar-refractivity contribution >= 4 is 34.9 Å². The molecule has 2 rings (SSSR count). The number of nitrogens with one attached hydrogen (secondary N) is 1. The first-order valence-electron chi connectivity index (χ1n) is 5.12. The maximum Gasteiger partial charge on any atom is 0.258 e. The highest BCUT2D eigenvalue weighted by molar-refractivity contribution is 6.35. The molecule has 0 aliphatic heterocycles. The number of aromatic nitrogens is 2. The lowest BCUT2D eigenvalue weighted by Gasteiger charge is -2.06. The van der Waals surface area contributed by atoms with E-state index in [9.17, 15) is 4.79 Å². The van der Waals surface area contributed by atoms with Crippen molar-refractivity contribution in [2.24, 2.45) is 0 Å². The van der Waals surface area contributed by atoms with Crippen LogP contribution < -0.4 is 5.32 Å². The normalized spacial score (nSPS) is 10.2. The Kier molecular flexibility index (Phi) is 3.79. The van der Waals surface area contributed by atoms with Crippen LogP contribution in [0.4, 0.5) is 5.82 Å². The first-order valence-corrected chi connectivity index (χ1v) is 5.88. The molecule has 0 spiro atoms. The summed E-state index contributed by atoms with van der Waals surface area (Å²) >= 11 is 11.6. The summed E-state index contributed by atoms with van der Waals surface area (Å²) in [6.45, 7) is 1.84. The van der Waals surface area contributed by atoms with E-state index in [4.69, 9.17) is 23.2 Å². The van der Waals surface area contributed by atoms with E-state index >= 15 is 0 Å². The predicted octanol–water partition coefficient (Wildman–Crippen LogP) is 3.34. The lowest BCUT2D eigenvalue weighted by atomic mass is 10.2. The van der Waals surface area contributed by atoms with Crippen molar-refractivity contribution in [2.45, 2.75) is 6.92 Å². The van der Waals surface area contributed by atoms with Crippen LogP contribution in [0.3, 0.4) is 0 Å². The van der Waals surface area contributed by atoms with E-state index < -0.39 is 0 Å². The summed E-state index contributed by atoms with van der Waals surface area (Å²) in [5, 5.41) is 3.10. The molecule has 92 valence electrons. The second-order valence-electron chi connectivity index (χ2n) is 3.61. The molecule has 0 aliphatic carbocycles. The molecule has 0 aromatic carbocycles. The Morgan fingerprint density at radius 2 is 2.11 bits per heavy atom. The van der Waals surface area contributed by atoms with Crippen LogP contribution in [0.15, 0.2) is 30.5 Å². The van der Waals surface area contributed by atoms with Gasteiger partial charge in [-0.3, -0.25) is 4.79 Å². The van der Waals surface area contributed by atoms with Crippen LogP contribution in [0.1, 0.15) is 16.1 Å². The van der Waals surface area contributed by atoms with Crippen molar-refractivity contribution in [2.75, 3.05) is 5.32 Å². The van der Waals surface area contributed by atoms with Gasteiger partial charge in [0, 0.05) is 11.9 Å². The molecule has 6 heteroatoms. The standard InChI is InChI=1S/C12H9Cl2N3O/c1-7-3-2-4-11(16-7)17-12(18)8-5-10(14)15-6-9(8)13/h2-6H,1H3,(H,16,17,18). The van der Waals surface area contributed by atoms with Crippen LogP contribution in [0.25, 0.3) is 0 Å². The van der Waals surface area contributed by atoms with Crippen LogP contribution >= 0.6 is 23.2 Å². The molecule has 2 aromatic heterocycles. The van der Waals surface area contributed by atoms with E-state index in [0.29, 0.717) is 5.82 Å². The highest BCUT2D eigenvalue weighted by Crippen LogP contribution is 2.19. The van der Waals surface area contributed by atoms with Gasteiger partial charge in [-0.2, -0.15) is 0 Å². The molecule has 0 saturated carbocycles. The van der Waals surface area contributed by atoms with Gasteiger partial charge in [0.2, 0.25) is 0 Å². The van der Waals surface area contributed by atoms with Crippen LogP contribution in [-0.4, -0.2) is 15.9 Å². The maximum atomic E-state index is 12.0. The molecular formula is C12H9Cl2N3O. The zero-order chi connectivity index (χ0) is 13.1. The average Bonchev–Trinajstić information content (AvgIpc) is 2.32. The van der Waals surface area contributed by atoms with Crippen LogP contribution in [0, 0.1) is 6.92 Å². The van der Waals surface area contributed by atoms with Gasteiger partial charge in [0.1, 0.15) is 11.0 Å². The van der Waals surface area contributed by atoms with Gasteiger partial charge in [0.25, 0.3) is 5.91 Å². The second kappa shape index (κ2) is 5.33. The smallest absolute Gasteiger partial charge is 0.258 e. The highest BCUT2D eigenvalue weighted by Gasteiger charge is 2.12. The fourth-order valence-corrected chi connectivity index (χ4v) is 1.73. The van der Waals surface area contributed by atoms with E-state index in [1.54, 1.807) is 12.1 Å². The molecule has 18 heavy (non-hydrogen) atoms. The second-order valence-corrected chi connectivity index (χ2v) is 4.40. The van der Waals surface area contributed by atoms with Gasteiger partial charge in [-0.05, 0) is 25.1 Å². The van der Waals surface area contributed by atoms with E-state index in [2.05, 4.69) is 15.3 Å². The first-order chi connectivity index (χ1) is 8.56. The number of hydrogen-bond donors (Lipinski definition) is 1. The summed E-state index contributed by atoms with van der Waals surface area (Å²) < 4.78 is 0. The Hall–Kier alpha value is -1.65. The number of pyridine rings is 2. The fourth-order valence-electron chi connectivity index (χ4n) is 1.38. The number of anilines is 1. The number of rotatable bonds is 2. The predicted molar refractivity (Wildman–Crippen MR) is 71.2 cm³/mol. The SMILES string of the molecule is Cc1cccc(NC(=O)c2cc(Cl)ncc2Cl)n1. The monoisotopic (exact) mass is 281 g/mol. The van der Waals surface area contributed by atoms with Crippen molar-refractivity contribution in [3.63, 3.8) is 0 Å². The number of nitrogens with zero attached hydrogens (tertiary/aromatic N) is 2. The molecule has 0 fully saturated rings. The summed E-state index contributed by atoms with van der Waals surface area (Å²) in [5.74, 6) is 0.0893. The van der Waals surface area contributed by atoms with E-state index in [0.717, 1.165) is 5.69 Å². The maximum absolute atomic E-state index is 12.0. The summed E-state index contributed by atoms with van der Waals surface area (Å²) in [6, 6.07) is 6.75. The van der Waals surface area contributed by atoms with Gasteiger partial charge in [-0.25, -0.2) is 9.97 Å². The number of amides is 1. The Morgan fingerprint density at radius 3 is 2.83 bits per heavy atom. The third kappa shape index (κ3) is 2.97. The Morgan fingerprint density at radius 1 is 1.33 bits per heavy atom. The van der Waals surface area contributed by atoms with Gasteiger partial charge >= 0.3 is 0 Å². The van der Waals surface area contributed by atoms with Gasteiger partial charge in [-0.15, -0.1) is 0 Å². The molecule has 2 heterocycles. The molecule has 4 nitrogen and oxygen atoms in total. The molecule has 0 radical (unpaired) electrons. The molecule has 2 aromatic rings. The molecule has 0 aliphatic rings. The Balaban J connectivity index is 2.24. The molecular weight excluding hydrogens is 273 g/mol. The summed E-state index contributed by atoms with van der Waals surface area (Å²) in [6.07, 6.45) is 1.34. The van der Waals surface area contributed by atoms with Gasteiger partial charge in [0.05, 0.1) is 10.6 Å². The number of halogens is 2. The third-order valence-electron chi connectivity index (χ3n) is 2.20. The number of carbonyl (C=O) groups excluding carboxylic acids is 1.